The molecule has 0 fully saturated rings. The summed E-state index contributed by atoms with van der Waals surface area (Å²) in [7, 11) is 1.64. The maximum absolute atomic E-state index is 13.8. The van der Waals surface area contributed by atoms with Crippen molar-refractivity contribution in [3.63, 3.8) is 0 Å². The number of hydrogen-bond donors (Lipinski definition) is 1. The Balaban J connectivity index is 1.45. The van der Waals surface area contributed by atoms with E-state index in [-0.39, 0.29) is 30.0 Å². The predicted molar refractivity (Wildman–Crippen MR) is 112 cm³/mol. The maximum atomic E-state index is 13.8. The van der Waals surface area contributed by atoms with E-state index in [0.29, 0.717) is 5.56 Å². The van der Waals surface area contributed by atoms with Crippen LogP contribution in [-0.2, 0) is 6.54 Å². The molecule has 0 spiro atoms. The smallest absolute Gasteiger partial charge is 0.273 e. The van der Waals surface area contributed by atoms with Crippen LogP contribution in [0.15, 0.2) is 66.9 Å². The highest BCUT2D eigenvalue weighted by molar-refractivity contribution is 5.92. The van der Waals surface area contributed by atoms with Crippen LogP contribution < -0.4 is 10.1 Å². The van der Waals surface area contributed by atoms with Crippen LogP contribution in [0.2, 0.25) is 0 Å². The average Bonchev–Trinajstić information content (AvgIpc) is 3.23. The molecule has 7 heteroatoms. The minimum absolute atomic E-state index is 0.184. The lowest BCUT2D eigenvalue weighted by Gasteiger charge is -2.14. The summed E-state index contributed by atoms with van der Waals surface area (Å²) in [5, 5.41) is 12.9. The summed E-state index contributed by atoms with van der Waals surface area (Å²) in [6.07, 6.45) is 1.52. The number of benzene rings is 3. The molecule has 1 unspecified atom stereocenters. The Kier molecular flexibility index (Phi) is 5.43. The van der Waals surface area contributed by atoms with Gasteiger partial charge in [0.25, 0.3) is 5.91 Å². The van der Waals surface area contributed by atoms with E-state index in [1.54, 1.807) is 25.3 Å². The number of nitrogens with zero attached hydrogens (tertiary/aromatic N) is 3. The van der Waals surface area contributed by atoms with Crippen molar-refractivity contribution >= 4 is 16.7 Å². The number of ether oxygens (including phenoxy) is 1. The number of halogens is 1. The van der Waals surface area contributed by atoms with Crippen LogP contribution in [-0.4, -0.2) is 28.0 Å². The molecule has 0 aliphatic carbocycles. The molecule has 0 aliphatic heterocycles. The Hall–Kier alpha value is -3.74. The SMILES string of the molecule is COc1ccc2cc(C(C)NC(=O)c3cn(Cc4ccccc4F)nn3)ccc2c1. The second-order valence-corrected chi connectivity index (χ2v) is 7.06. The van der Waals surface area contributed by atoms with Gasteiger partial charge in [0.15, 0.2) is 5.69 Å². The van der Waals surface area contributed by atoms with Gasteiger partial charge in [-0.3, -0.25) is 4.79 Å². The molecule has 1 aromatic heterocycles. The van der Waals surface area contributed by atoms with E-state index in [4.69, 9.17) is 4.74 Å². The van der Waals surface area contributed by atoms with E-state index >= 15 is 0 Å². The van der Waals surface area contributed by atoms with Crippen LogP contribution in [0.5, 0.6) is 5.75 Å². The molecule has 0 radical (unpaired) electrons. The Labute approximate surface area is 173 Å². The lowest BCUT2D eigenvalue weighted by Crippen LogP contribution is -2.27. The highest BCUT2D eigenvalue weighted by atomic mass is 19.1. The molecular weight excluding hydrogens is 383 g/mol. The zero-order valence-electron chi connectivity index (χ0n) is 16.7. The fourth-order valence-corrected chi connectivity index (χ4v) is 3.27. The Morgan fingerprint density at radius 1 is 1.13 bits per heavy atom. The number of methoxy groups -OCH3 is 1. The molecule has 6 nitrogen and oxygen atoms in total. The van der Waals surface area contributed by atoms with Gasteiger partial charge in [0, 0.05) is 5.56 Å². The van der Waals surface area contributed by atoms with Crippen molar-refractivity contribution in [2.45, 2.75) is 19.5 Å². The lowest BCUT2D eigenvalue weighted by molar-refractivity contribution is 0.0934. The summed E-state index contributed by atoms with van der Waals surface area (Å²) >= 11 is 0. The van der Waals surface area contributed by atoms with Gasteiger partial charge in [-0.15, -0.1) is 5.10 Å². The molecule has 1 atom stereocenters. The number of rotatable bonds is 6. The van der Waals surface area contributed by atoms with E-state index in [1.165, 1.54) is 16.9 Å². The van der Waals surface area contributed by atoms with E-state index in [9.17, 15) is 9.18 Å². The second kappa shape index (κ2) is 8.32. The van der Waals surface area contributed by atoms with Gasteiger partial charge in [-0.25, -0.2) is 9.07 Å². The predicted octanol–water partition coefficient (Wildman–Crippen LogP) is 4.12. The third-order valence-electron chi connectivity index (χ3n) is 4.98. The molecule has 1 heterocycles. The quantitative estimate of drug-likeness (QED) is 0.525. The molecule has 1 N–H and O–H groups in total. The molecule has 4 aromatic rings. The first-order valence-corrected chi connectivity index (χ1v) is 9.55. The average molecular weight is 404 g/mol. The largest absolute Gasteiger partial charge is 0.497 e. The number of amides is 1. The van der Waals surface area contributed by atoms with Gasteiger partial charge in [0.2, 0.25) is 0 Å². The third kappa shape index (κ3) is 4.15. The molecule has 0 aliphatic rings. The molecule has 0 saturated heterocycles. The van der Waals surface area contributed by atoms with Crippen LogP contribution in [0.1, 0.15) is 34.6 Å². The number of nitrogens with one attached hydrogen (secondary N) is 1. The fraction of sp³-hybridized carbons (Fsp3) is 0.174. The summed E-state index contributed by atoms with van der Waals surface area (Å²) in [5.74, 6) is 0.147. The van der Waals surface area contributed by atoms with Crippen molar-refractivity contribution in [1.29, 1.82) is 0 Å². The second-order valence-electron chi connectivity index (χ2n) is 7.06. The van der Waals surface area contributed by atoms with Gasteiger partial charge < -0.3 is 10.1 Å². The molecular formula is C23H21FN4O2. The summed E-state index contributed by atoms with van der Waals surface area (Å²) in [4.78, 5) is 12.6. The Bertz CT molecular complexity index is 1200. The van der Waals surface area contributed by atoms with Gasteiger partial charge in [-0.2, -0.15) is 0 Å². The van der Waals surface area contributed by atoms with E-state index in [2.05, 4.69) is 15.6 Å². The number of carbonyl (C=O) groups excluding carboxylic acids is 1. The fourth-order valence-electron chi connectivity index (χ4n) is 3.27. The van der Waals surface area contributed by atoms with Crippen molar-refractivity contribution in [2.75, 3.05) is 7.11 Å². The van der Waals surface area contributed by atoms with Crippen LogP contribution in [0, 0.1) is 5.82 Å². The van der Waals surface area contributed by atoms with Crippen LogP contribution in [0.25, 0.3) is 10.8 Å². The number of carbonyl (C=O) groups is 1. The van der Waals surface area contributed by atoms with Gasteiger partial charge in [0.1, 0.15) is 11.6 Å². The molecule has 30 heavy (non-hydrogen) atoms. The van der Waals surface area contributed by atoms with Gasteiger partial charge in [-0.05, 0) is 47.5 Å². The van der Waals surface area contributed by atoms with Crippen LogP contribution >= 0.6 is 0 Å². The number of hydrogen-bond acceptors (Lipinski definition) is 4. The molecule has 1 amide bonds. The van der Waals surface area contributed by atoms with Crippen LogP contribution in [0.4, 0.5) is 4.39 Å². The highest BCUT2D eigenvalue weighted by Crippen LogP contribution is 2.24. The Morgan fingerprint density at radius 3 is 2.70 bits per heavy atom. The minimum Gasteiger partial charge on any atom is -0.497 e. The number of fused-ring (bicyclic) bond motifs is 1. The van der Waals surface area contributed by atoms with Crippen molar-refractivity contribution < 1.29 is 13.9 Å². The van der Waals surface area contributed by atoms with Crippen molar-refractivity contribution in [2.24, 2.45) is 0 Å². The summed E-state index contributed by atoms with van der Waals surface area (Å²) in [6, 6.07) is 18.1. The zero-order valence-corrected chi connectivity index (χ0v) is 16.7. The normalized spacial score (nSPS) is 12.0. The first-order valence-electron chi connectivity index (χ1n) is 9.55. The molecule has 0 saturated carbocycles. The standard InChI is InChI=1S/C23H21FN4O2/c1-15(16-7-8-18-12-20(30-2)10-9-17(18)11-16)25-23(29)22-14-28(27-26-22)13-19-5-3-4-6-21(19)24/h3-12,14-15H,13H2,1-2H3,(H,25,29). The van der Waals surface area contributed by atoms with Gasteiger partial charge in [0.05, 0.1) is 25.9 Å². The first-order chi connectivity index (χ1) is 14.5. The molecule has 4 rings (SSSR count). The van der Waals surface area contributed by atoms with Crippen molar-refractivity contribution in [1.82, 2.24) is 20.3 Å². The zero-order chi connectivity index (χ0) is 21.1. The summed E-state index contributed by atoms with van der Waals surface area (Å²) in [6.45, 7) is 2.11. The minimum atomic E-state index is -0.336. The van der Waals surface area contributed by atoms with E-state index in [0.717, 1.165) is 22.1 Å². The van der Waals surface area contributed by atoms with Crippen molar-refractivity contribution in [3.05, 3.63) is 89.5 Å². The molecule has 152 valence electrons. The molecule has 0 bridgehead atoms. The van der Waals surface area contributed by atoms with E-state index < -0.39 is 0 Å². The van der Waals surface area contributed by atoms with E-state index in [1.807, 2.05) is 43.3 Å². The summed E-state index contributed by atoms with van der Waals surface area (Å²) in [5.41, 5.74) is 1.64. The Morgan fingerprint density at radius 2 is 1.90 bits per heavy atom. The third-order valence-corrected chi connectivity index (χ3v) is 4.98. The first kappa shape index (κ1) is 19.6. The number of aromatic nitrogens is 3. The maximum Gasteiger partial charge on any atom is 0.273 e. The highest BCUT2D eigenvalue weighted by Gasteiger charge is 2.16. The van der Waals surface area contributed by atoms with Crippen LogP contribution in [0.3, 0.4) is 0 Å². The topological polar surface area (TPSA) is 69.0 Å². The van der Waals surface area contributed by atoms with Gasteiger partial charge in [-0.1, -0.05) is 41.6 Å². The van der Waals surface area contributed by atoms with Crippen molar-refractivity contribution in [3.8, 4) is 5.75 Å². The summed E-state index contributed by atoms with van der Waals surface area (Å²) < 4.78 is 20.5. The monoisotopic (exact) mass is 404 g/mol. The molecule has 3 aromatic carbocycles. The lowest BCUT2D eigenvalue weighted by atomic mass is 10.0. The van der Waals surface area contributed by atoms with Gasteiger partial charge >= 0.3 is 0 Å².